The lowest BCUT2D eigenvalue weighted by Gasteiger charge is -2.37. The van der Waals surface area contributed by atoms with Crippen LogP contribution in [0.3, 0.4) is 0 Å². The molecule has 2 aromatic rings. The van der Waals surface area contributed by atoms with Crippen molar-refractivity contribution in [2.75, 3.05) is 19.8 Å². The number of morpholine rings is 1. The highest BCUT2D eigenvalue weighted by Gasteiger charge is 2.31. The summed E-state index contributed by atoms with van der Waals surface area (Å²) in [5.74, 6) is -0.129. The average molecular weight is 308 g/mol. The number of amides is 1. The molecular formula is C14H16N2O4S. The third kappa shape index (κ3) is 2.85. The molecule has 112 valence electrons. The maximum atomic E-state index is 12.6. The van der Waals surface area contributed by atoms with Crippen molar-refractivity contribution in [2.45, 2.75) is 19.1 Å². The van der Waals surface area contributed by atoms with E-state index in [1.807, 2.05) is 13.0 Å². The molecule has 2 aromatic heterocycles. The average Bonchev–Trinajstić information content (AvgIpc) is 3.18. The van der Waals surface area contributed by atoms with Gasteiger partial charge in [-0.2, -0.15) is 0 Å². The van der Waals surface area contributed by atoms with Gasteiger partial charge in [-0.1, -0.05) is 0 Å². The van der Waals surface area contributed by atoms with Gasteiger partial charge in [0, 0.05) is 17.5 Å². The normalized spacial score (nSPS) is 22.5. The van der Waals surface area contributed by atoms with Gasteiger partial charge in [-0.05, 0) is 13.0 Å². The van der Waals surface area contributed by atoms with Gasteiger partial charge in [-0.3, -0.25) is 4.79 Å². The van der Waals surface area contributed by atoms with Crippen LogP contribution in [0.15, 0.2) is 28.4 Å². The number of aliphatic hydroxyl groups excluding tert-OH is 1. The van der Waals surface area contributed by atoms with Gasteiger partial charge in [-0.25, -0.2) is 4.98 Å². The maximum absolute atomic E-state index is 12.6. The molecule has 3 rings (SSSR count). The molecule has 1 aliphatic rings. The molecule has 2 unspecified atom stereocenters. The Morgan fingerprint density at radius 3 is 3.19 bits per heavy atom. The fraction of sp³-hybridized carbons (Fsp3) is 0.429. The summed E-state index contributed by atoms with van der Waals surface area (Å²) in [7, 11) is 0. The molecule has 1 fully saturated rings. The first-order valence-corrected chi connectivity index (χ1v) is 7.58. The fourth-order valence-electron chi connectivity index (χ4n) is 2.25. The van der Waals surface area contributed by atoms with Crippen LogP contribution in [0.5, 0.6) is 0 Å². The highest BCUT2D eigenvalue weighted by Crippen LogP contribution is 2.25. The third-order valence-electron chi connectivity index (χ3n) is 3.46. The predicted molar refractivity (Wildman–Crippen MR) is 77.1 cm³/mol. The number of carbonyl (C=O) groups excluding carboxylic acids is 1. The number of aromatic nitrogens is 1. The van der Waals surface area contributed by atoms with E-state index in [1.165, 1.54) is 11.3 Å². The maximum Gasteiger partial charge on any atom is 0.273 e. The molecule has 7 heteroatoms. The van der Waals surface area contributed by atoms with E-state index in [2.05, 4.69) is 4.98 Å². The van der Waals surface area contributed by atoms with Crippen LogP contribution in [-0.4, -0.2) is 52.8 Å². The third-order valence-corrected chi connectivity index (χ3v) is 4.35. The van der Waals surface area contributed by atoms with Crippen LogP contribution in [0.25, 0.3) is 10.6 Å². The van der Waals surface area contributed by atoms with Crippen molar-refractivity contribution >= 4 is 17.2 Å². The second kappa shape index (κ2) is 5.97. The zero-order valence-electron chi connectivity index (χ0n) is 11.6. The lowest BCUT2D eigenvalue weighted by Crippen LogP contribution is -2.52. The number of carbonyl (C=O) groups is 1. The largest absolute Gasteiger partial charge is 0.472 e. The van der Waals surface area contributed by atoms with E-state index in [1.54, 1.807) is 22.8 Å². The van der Waals surface area contributed by atoms with Gasteiger partial charge < -0.3 is 19.2 Å². The summed E-state index contributed by atoms with van der Waals surface area (Å²) in [4.78, 5) is 18.6. The second-order valence-corrected chi connectivity index (χ2v) is 5.85. The van der Waals surface area contributed by atoms with Crippen molar-refractivity contribution in [3.05, 3.63) is 29.7 Å². The monoisotopic (exact) mass is 308 g/mol. The van der Waals surface area contributed by atoms with Gasteiger partial charge in [0.25, 0.3) is 5.91 Å². The lowest BCUT2D eigenvalue weighted by molar-refractivity contribution is -0.0668. The molecule has 1 saturated heterocycles. The van der Waals surface area contributed by atoms with Crippen molar-refractivity contribution in [2.24, 2.45) is 0 Å². The SMILES string of the molecule is CC1COC(CO)CN1C(=O)c1csc(-c2ccoc2)n1. The Morgan fingerprint density at radius 2 is 2.48 bits per heavy atom. The second-order valence-electron chi connectivity index (χ2n) is 4.99. The quantitative estimate of drug-likeness (QED) is 0.932. The highest BCUT2D eigenvalue weighted by molar-refractivity contribution is 7.13. The molecule has 0 radical (unpaired) electrons. The number of nitrogens with zero attached hydrogens (tertiary/aromatic N) is 2. The Kier molecular flexibility index (Phi) is 4.05. The molecule has 6 nitrogen and oxygen atoms in total. The van der Waals surface area contributed by atoms with E-state index in [0.717, 1.165) is 10.6 Å². The van der Waals surface area contributed by atoms with Crippen LogP contribution < -0.4 is 0 Å². The molecule has 3 heterocycles. The summed E-state index contributed by atoms with van der Waals surface area (Å²) >= 11 is 1.41. The Labute approximate surface area is 126 Å². The van der Waals surface area contributed by atoms with Crippen LogP contribution >= 0.6 is 11.3 Å². The zero-order valence-corrected chi connectivity index (χ0v) is 12.4. The van der Waals surface area contributed by atoms with Crippen molar-refractivity contribution in [1.29, 1.82) is 0 Å². The number of thiazole rings is 1. The van der Waals surface area contributed by atoms with Crippen molar-refractivity contribution < 1.29 is 19.1 Å². The zero-order chi connectivity index (χ0) is 14.8. The minimum Gasteiger partial charge on any atom is -0.472 e. The fourth-order valence-corrected chi connectivity index (χ4v) is 3.03. The van der Waals surface area contributed by atoms with Gasteiger partial charge >= 0.3 is 0 Å². The van der Waals surface area contributed by atoms with E-state index in [-0.39, 0.29) is 24.7 Å². The molecule has 0 spiro atoms. The summed E-state index contributed by atoms with van der Waals surface area (Å²) in [5.41, 5.74) is 1.28. The Balaban J connectivity index is 1.78. The minimum atomic E-state index is -0.322. The lowest BCUT2D eigenvalue weighted by atomic mass is 10.2. The smallest absolute Gasteiger partial charge is 0.273 e. The Morgan fingerprint density at radius 1 is 1.62 bits per heavy atom. The summed E-state index contributed by atoms with van der Waals surface area (Å²) in [5, 5.41) is 11.7. The number of hydrogen-bond acceptors (Lipinski definition) is 6. The van der Waals surface area contributed by atoms with Gasteiger partial charge in [0.05, 0.1) is 31.6 Å². The molecule has 0 aromatic carbocycles. The van der Waals surface area contributed by atoms with Crippen molar-refractivity contribution in [3.63, 3.8) is 0 Å². The number of furan rings is 1. The number of aliphatic hydroxyl groups is 1. The van der Waals surface area contributed by atoms with Crippen LogP contribution in [0.2, 0.25) is 0 Å². The van der Waals surface area contributed by atoms with Gasteiger partial charge in [0.2, 0.25) is 0 Å². The van der Waals surface area contributed by atoms with Crippen molar-refractivity contribution in [1.82, 2.24) is 9.88 Å². The molecule has 21 heavy (non-hydrogen) atoms. The minimum absolute atomic E-state index is 0.0284. The first-order chi connectivity index (χ1) is 10.2. The van der Waals surface area contributed by atoms with Crippen LogP contribution in [0.4, 0.5) is 0 Å². The van der Waals surface area contributed by atoms with Crippen LogP contribution in [-0.2, 0) is 4.74 Å². The standard InChI is InChI=1S/C14H16N2O4S/c1-9-6-20-11(5-17)4-16(9)14(18)12-8-21-13(15-12)10-2-3-19-7-10/h2-3,7-9,11,17H,4-6H2,1H3. The number of ether oxygens (including phenoxy) is 1. The molecule has 0 bridgehead atoms. The molecule has 1 N–H and O–H groups in total. The van der Waals surface area contributed by atoms with Crippen LogP contribution in [0.1, 0.15) is 17.4 Å². The summed E-state index contributed by atoms with van der Waals surface area (Å²) in [6, 6.07) is 1.78. The van der Waals surface area contributed by atoms with E-state index >= 15 is 0 Å². The first kappa shape index (κ1) is 14.2. The Hall–Kier alpha value is -1.70. The first-order valence-electron chi connectivity index (χ1n) is 6.70. The van der Waals surface area contributed by atoms with Crippen LogP contribution in [0, 0.1) is 0 Å². The summed E-state index contributed by atoms with van der Waals surface area (Å²) < 4.78 is 10.5. The van der Waals surface area contributed by atoms with Gasteiger partial charge in [0.15, 0.2) is 0 Å². The van der Waals surface area contributed by atoms with Gasteiger partial charge in [0.1, 0.15) is 17.0 Å². The topological polar surface area (TPSA) is 75.8 Å². The van der Waals surface area contributed by atoms with E-state index in [0.29, 0.717) is 18.8 Å². The van der Waals surface area contributed by atoms with E-state index < -0.39 is 0 Å². The molecule has 0 aliphatic carbocycles. The molecule has 0 saturated carbocycles. The summed E-state index contributed by atoms with van der Waals surface area (Å²) in [6.45, 7) is 2.65. The highest BCUT2D eigenvalue weighted by atomic mass is 32.1. The number of rotatable bonds is 3. The Bertz CT molecular complexity index is 610. The summed E-state index contributed by atoms with van der Waals surface area (Å²) in [6.07, 6.45) is 2.86. The van der Waals surface area contributed by atoms with E-state index in [9.17, 15) is 9.90 Å². The number of hydrogen-bond donors (Lipinski definition) is 1. The molecule has 1 amide bonds. The van der Waals surface area contributed by atoms with Crippen molar-refractivity contribution in [3.8, 4) is 10.6 Å². The molecule has 1 aliphatic heterocycles. The molecular weight excluding hydrogens is 292 g/mol. The van der Waals surface area contributed by atoms with E-state index in [4.69, 9.17) is 9.15 Å². The predicted octanol–water partition coefficient (Wildman–Crippen LogP) is 1.62. The molecule has 2 atom stereocenters. The van der Waals surface area contributed by atoms with Gasteiger partial charge in [-0.15, -0.1) is 11.3 Å².